The van der Waals surface area contributed by atoms with E-state index in [0.717, 1.165) is 33.8 Å². The molecule has 0 saturated heterocycles. The van der Waals surface area contributed by atoms with Gasteiger partial charge in [-0.15, -0.1) is 0 Å². The molecule has 0 aliphatic carbocycles. The van der Waals surface area contributed by atoms with Crippen molar-refractivity contribution >= 4 is 65.2 Å². The number of nitrogens with zero attached hydrogens (tertiary/aromatic N) is 2. The van der Waals surface area contributed by atoms with Gasteiger partial charge in [0.05, 0.1) is 20.4 Å². The van der Waals surface area contributed by atoms with Crippen LogP contribution in [0.2, 0.25) is 0 Å². The maximum atomic E-state index is 14.3. The second kappa shape index (κ2) is 7.78. The van der Waals surface area contributed by atoms with Gasteiger partial charge in [-0.05, 0) is 49.2 Å². The molecule has 2 aromatic heterocycles. The summed E-state index contributed by atoms with van der Waals surface area (Å²) < 4.78 is 58.6. The number of carbonyl (C=O) groups is 2. The van der Waals surface area contributed by atoms with Crippen molar-refractivity contribution in [3.63, 3.8) is 0 Å². The zero-order chi connectivity index (χ0) is 23.3. The minimum Gasteiger partial charge on any atom is -0.296 e. The first-order chi connectivity index (χ1) is 15.0. The van der Waals surface area contributed by atoms with Crippen molar-refractivity contribution in [1.29, 1.82) is 0 Å². The Balaban J connectivity index is 1.52. The summed E-state index contributed by atoms with van der Waals surface area (Å²) in [5.74, 6) is -15.3. The lowest BCUT2D eigenvalue weighted by atomic mass is 10.1. The van der Waals surface area contributed by atoms with Gasteiger partial charge in [-0.25, -0.2) is 9.97 Å². The summed E-state index contributed by atoms with van der Waals surface area (Å²) in [6.45, 7) is 3.61. The molecule has 166 valence electrons. The van der Waals surface area contributed by atoms with Crippen LogP contribution in [0.3, 0.4) is 0 Å². The summed E-state index contributed by atoms with van der Waals surface area (Å²) in [4.78, 5) is 31.9. The van der Waals surface area contributed by atoms with Gasteiger partial charge in [0.2, 0.25) is 0 Å². The molecule has 2 amide bonds. The van der Waals surface area contributed by atoms with Crippen LogP contribution in [-0.4, -0.2) is 33.6 Å². The van der Waals surface area contributed by atoms with E-state index in [1.807, 2.05) is 0 Å². The molecule has 0 fully saturated rings. The highest BCUT2D eigenvalue weighted by Crippen LogP contribution is 2.38. The monoisotopic (exact) mass is 482 g/mol. The van der Waals surface area contributed by atoms with E-state index in [1.54, 1.807) is 60.9 Å². The standard InChI is InChI=1S/C20H14F4N4O2S2/c1-9-3-5-11-13(7-9)31-17(25-11)27-15(29)19(21,22)20(23,24)16(30)28-18-26-12-6-4-10(2)8-14(12)32-18/h3-8H,1-2H3,(H,25,27,29)(H,26,28,30). The first-order valence-electron chi connectivity index (χ1n) is 9.10. The van der Waals surface area contributed by atoms with E-state index in [4.69, 9.17) is 0 Å². The summed E-state index contributed by atoms with van der Waals surface area (Å²) in [6.07, 6.45) is 0. The molecule has 0 aliphatic rings. The van der Waals surface area contributed by atoms with Crippen molar-refractivity contribution in [3.8, 4) is 0 Å². The van der Waals surface area contributed by atoms with Crippen molar-refractivity contribution in [2.24, 2.45) is 0 Å². The number of hydrogen-bond acceptors (Lipinski definition) is 6. The van der Waals surface area contributed by atoms with E-state index in [9.17, 15) is 27.2 Å². The number of aromatic nitrogens is 2. The number of aryl methyl sites for hydroxylation is 2. The summed E-state index contributed by atoms with van der Waals surface area (Å²) in [7, 11) is 0. The molecule has 2 aromatic carbocycles. The highest BCUT2D eigenvalue weighted by molar-refractivity contribution is 7.22. The lowest BCUT2D eigenvalue weighted by molar-refractivity contribution is -0.204. The summed E-state index contributed by atoms with van der Waals surface area (Å²) >= 11 is 1.70. The van der Waals surface area contributed by atoms with E-state index < -0.39 is 23.7 Å². The molecule has 4 aromatic rings. The zero-order valence-electron chi connectivity index (χ0n) is 16.5. The Bertz CT molecular complexity index is 1260. The molecule has 6 nitrogen and oxygen atoms in total. The Hall–Kier alpha value is -3.12. The van der Waals surface area contributed by atoms with Crippen molar-refractivity contribution in [1.82, 2.24) is 9.97 Å². The molecule has 0 saturated carbocycles. The van der Waals surface area contributed by atoms with Crippen LogP contribution in [0.1, 0.15) is 11.1 Å². The van der Waals surface area contributed by atoms with Crippen molar-refractivity contribution < 1.29 is 27.2 Å². The number of nitrogens with one attached hydrogen (secondary N) is 2. The van der Waals surface area contributed by atoms with Gasteiger partial charge < -0.3 is 0 Å². The zero-order valence-corrected chi connectivity index (χ0v) is 18.1. The molecule has 32 heavy (non-hydrogen) atoms. The summed E-state index contributed by atoms with van der Waals surface area (Å²) in [6, 6.07) is 10.1. The number of halogens is 4. The fourth-order valence-corrected chi connectivity index (χ4v) is 4.73. The number of rotatable bonds is 5. The van der Waals surface area contributed by atoms with Crippen LogP contribution in [0.25, 0.3) is 20.4 Å². The second-order valence-corrected chi connectivity index (χ2v) is 9.10. The number of hydrogen-bond donors (Lipinski definition) is 2. The van der Waals surface area contributed by atoms with Crippen LogP contribution in [0, 0.1) is 13.8 Å². The van der Waals surface area contributed by atoms with Crippen LogP contribution in [0.4, 0.5) is 27.8 Å². The third-order valence-corrected chi connectivity index (χ3v) is 6.36. The van der Waals surface area contributed by atoms with Crippen LogP contribution in [0.15, 0.2) is 36.4 Å². The predicted octanol–water partition coefficient (Wildman–Crippen LogP) is 5.37. The molecule has 12 heteroatoms. The van der Waals surface area contributed by atoms with Crippen molar-refractivity contribution in [3.05, 3.63) is 47.5 Å². The van der Waals surface area contributed by atoms with E-state index in [-0.39, 0.29) is 10.3 Å². The molecule has 2 N–H and O–H groups in total. The van der Waals surface area contributed by atoms with Crippen LogP contribution in [-0.2, 0) is 9.59 Å². The Morgan fingerprint density at radius 1 is 0.750 bits per heavy atom. The average molecular weight is 482 g/mol. The van der Waals surface area contributed by atoms with Gasteiger partial charge in [-0.1, -0.05) is 34.8 Å². The van der Waals surface area contributed by atoms with Gasteiger partial charge in [-0.2, -0.15) is 17.6 Å². The fourth-order valence-electron chi connectivity index (χ4n) is 2.81. The minimum absolute atomic E-state index is 0.284. The predicted molar refractivity (Wildman–Crippen MR) is 116 cm³/mol. The third-order valence-electron chi connectivity index (χ3n) is 4.49. The molecule has 0 unspecified atom stereocenters. The topological polar surface area (TPSA) is 84.0 Å². The molecule has 0 aliphatic heterocycles. The van der Waals surface area contributed by atoms with E-state index in [1.165, 1.54) is 0 Å². The molecule has 0 radical (unpaired) electrons. The van der Waals surface area contributed by atoms with E-state index in [2.05, 4.69) is 9.97 Å². The van der Waals surface area contributed by atoms with Gasteiger partial charge in [-0.3, -0.25) is 20.2 Å². The smallest absolute Gasteiger partial charge is 0.296 e. The largest absolute Gasteiger partial charge is 0.396 e. The average Bonchev–Trinajstić information content (AvgIpc) is 3.29. The van der Waals surface area contributed by atoms with Gasteiger partial charge in [0.15, 0.2) is 10.3 Å². The van der Waals surface area contributed by atoms with Crippen molar-refractivity contribution in [2.45, 2.75) is 25.7 Å². The molecule has 0 spiro atoms. The SMILES string of the molecule is Cc1ccc2nc(NC(=O)C(F)(F)C(F)(F)C(=O)Nc3nc4ccc(C)cc4s3)sc2c1. The fraction of sp³-hybridized carbons (Fsp3) is 0.200. The van der Waals surface area contributed by atoms with Crippen LogP contribution < -0.4 is 10.6 Å². The van der Waals surface area contributed by atoms with E-state index in [0.29, 0.717) is 20.4 Å². The van der Waals surface area contributed by atoms with Gasteiger partial charge >= 0.3 is 23.7 Å². The molecular formula is C20H14F4N4O2S2. The quantitative estimate of drug-likeness (QED) is 0.375. The maximum absolute atomic E-state index is 14.3. The summed E-state index contributed by atoms with van der Waals surface area (Å²) in [5.41, 5.74) is 2.57. The number of amides is 2. The van der Waals surface area contributed by atoms with Crippen molar-refractivity contribution in [2.75, 3.05) is 10.6 Å². The van der Waals surface area contributed by atoms with Gasteiger partial charge in [0, 0.05) is 0 Å². The highest BCUT2D eigenvalue weighted by atomic mass is 32.1. The maximum Gasteiger partial charge on any atom is 0.396 e. The van der Waals surface area contributed by atoms with E-state index >= 15 is 0 Å². The number of thiazole rings is 2. The number of fused-ring (bicyclic) bond motifs is 2. The Labute approximate surface area is 186 Å². The first kappa shape index (κ1) is 22.1. The second-order valence-electron chi connectivity index (χ2n) is 7.04. The molecule has 0 bridgehead atoms. The number of carbonyl (C=O) groups excluding carboxylic acids is 2. The molecular weight excluding hydrogens is 468 g/mol. The summed E-state index contributed by atoms with van der Waals surface area (Å²) in [5, 5.41) is 2.81. The Morgan fingerprint density at radius 2 is 1.12 bits per heavy atom. The molecule has 0 atom stereocenters. The third kappa shape index (κ3) is 3.91. The lowest BCUT2D eigenvalue weighted by Gasteiger charge is -2.23. The normalized spacial score (nSPS) is 12.3. The molecule has 2 heterocycles. The number of anilines is 2. The van der Waals surface area contributed by atoms with Gasteiger partial charge in [0.25, 0.3) is 0 Å². The Kier molecular flexibility index (Phi) is 5.37. The van der Waals surface area contributed by atoms with Crippen LogP contribution in [0.5, 0.6) is 0 Å². The highest BCUT2D eigenvalue weighted by Gasteiger charge is 2.67. The van der Waals surface area contributed by atoms with Gasteiger partial charge in [0.1, 0.15) is 0 Å². The van der Waals surface area contributed by atoms with Crippen LogP contribution >= 0.6 is 22.7 Å². The Morgan fingerprint density at radius 3 is 1.50 bits per heavy atom. The molecule has 4 rings (SSSR count). The first-order valence-corrected chi connectivity index (χ1v) is 10.7. The lowest BCUT2D eigenvalue weighted by Crippen LogP contribution is -2.56. The number of alkyl halides is 4. The minimum atomic E-state index is -5.34. The number of benzene rings is 2.